The molecule has 0 amide bonds. The molecule has 1 aromatic carbocycles. The molecule has 0 aliphatic heterocycles. The van der Waals surface area contributed by atoms with Crippen LogP contribution in [0, 0.1) is 5.95 Å². The first-order valence-corrected chi connectivity index (χ1v) is 5.98. The lowest BCUT2D eigenvalue weighted by Gasteiger charge is -2.04. The lowest BCUT2D eigenvalue weighted by Crippen LogP contribution is -2.08. The van der Waals surface area contributed by atoms with Gasteiger partial charge in [-0.25, -0.2) is 9.78 Å². The molecule has 92 valence electrons. The SMILES string of the molecule is O=C(OCc1cccc(Br)c1)c1cccc(F)n1. The highest BCUT2D eigenvalue weighted by molar-refractivity contribution is 9.10. The Bertz CT molecular complexity index is 574. The number of pyridine rings is 1. The van der Waals surface area contributed by atoms with Crippen LogP contribution in [0.2, 0.25) is 0 Å². The van der Waals surface area contributed by atoms with Crippen molar-refractivity contribution >= 4 is 21.9 Å². The molecule has 0 saturated carbocycles. The Labute approximate surface area is 112 Å². The molecule has 5 heteroatoms. The van der Waals surface area contributed by atoms with Gasteiger partial charge in [0, 0.05) is 4.47 Å². The summed E-state index contributed by atoms with van der Waals surface area (Å²) in [5.41, 5.74) is 0.805. The highest BCUT2D eigenvalue weighted by Crippen LogP contribution is 2.13. The lowest BCUT2D eigenvalue weighted by molar-refractivity contribution is 0.0464. The Morgan fingerprint density at radius 1 is 1.28 bits per heavy atom. The summed E-state index contributed by atoms with van der Waals surface area (Å²) in [7, 11) is 0. The van der Waals surface area contributed by atoms with E-state index in [-0.39, 0.29) is 12.3 Å². The largest absolute Gasteiger partial charge is 0.456 e. The summed E-state index contributed by atoms with van der Waals surface area (Å²) in [5.74, 6) is -1.35. The molecule has 0 saturated heterocycles. The average Bonchev–Trinajstić information content (AvgIpc) is 2.36. The Balaban J connectivity index is 2.00. The Kier molecular flexibility index (Phi) is 4.04. The van der Waals surface area contributed by atoms with E-state index in [1.54, 1.807) is 0 Å². The van der Waals surface area contributed by atoms with Gasteiger partial charge in [-0.05, 0) is 29.8 Å². The third kappa shape index (κ3) is 3.37. The van der Waals surface area contributed by atoms with E-state index in [0.717, 1.165) is 10.0 Å². The van der Waals surface area contributed by atoms with Crippen molar-refractivity contribution < 1.29 is 13.9 Å². The maximum atomic E-state index is 12.8. The smallest absolute Gasteiger partial charge is 0.357 e. The maximum Gasteiger partial charge on any atom is 0.357 e. The molecule has 0 N–H and O–H groups in total. The van der Waals surface area contributed by atoms with E-state index in [1.165, 1.54) is 18.2 Å². The maximum absolute atomic E-state index is 12.8. The third-order valence-electron chi connectivity index (χ3n) is 2.18. The van der Waals surface area contributed by atoms with Crippen LogP contribution in [0.1, 0.15) is 16.1 Å². The number of esters is 1. The minimum absolute atomic E-state index is 0.0370. The number of hydrogen-bond donors (Lipinski definition) is 0. The first-order valence-electron chi connectivity index (χ1n) is 5.19. The molecule has 0 fully saturated rings. The molecule has 0 radical (unpaired) electrons. The fraction of sp³-hybridized carbons (Fsp3) is 0.0769. The summed E-state index contributed by atoms with van der Waals surface area (Å²) >= 11 is 3.32. The van der Waals surface area contributed by atoms with Crippen LogP contribution in [0.25, 0.3) is 0 Å². The fourth-order valence-electron chi connectivity index (χ4n) is 1.37. The quantitative estimate of drug-likeness (QED) is 0.645. The molecule has 0 aliphatic carbocycles. The van der Waals surface area contributed by atoms with Crippen LogP contribution >= 0.6 is 15.9 Å². The van der Waals surface area contributed by atoms with Crippen LogP contribution in [0.4, 0.5) is 4.39 Å². The van der Waals surface area contributed by atoms with Gasteiger partial charge in [0.25, 0.3) is 0 Å². The van der Waals surface area contributed by atoms with E-state index in [4.69, 9.17) is 4.74 Å². The molecule has 0 atom stereocenters. The summed E-state index contributed by atoms with van der Waals surface area (Å²) in [4.78, 5) is 15.0. The standard InChI is InChI=1S/C13H9BrFNO2/c14-10-4-1-3-9(7-10)8-18-13(17)11-5-2-6-12(15)16-11/h1-7H,8H2. The molecule has 2 rings (SSSR count). The van der Waals surface area contributed by atoms with Crippen LogP contribution in [0.5, 0.6) is 0 Å². The number of carbonyl (C=O) groups excluding carboxylic acids is 1. The molecule has 18 heavy (non-hydrogen) atoms. The number of rotatable bonds is 3. The van der Waals surface area contributed by atoms with Crippen LogP contribution in [-0.2, 0) is 11.3 Å². The summed E-state index contributed by atoms with van der Waals surface area (Å²) < 4.78 is 18.8. The summed E-state index contributed by atoms with van der Waals surface area (Å²) in [5, 5.41) is 0. The molecule has 0 unspecified atom stereocenters. The molecular weight excluding hydrogens is 301 g/mol. The second kappa shape index (κ2) is 5.73. The van der Waals surface area contributed by atoms with E-state index >= 15 is 0 Å². The highest BCUT2D eigenvalue weighted by atomic mass is 79.9. The van der Waals surface area contributed by atoms with E-state index in [0.29, 0.717) is 0 Å². The number of ether oxygens (including phenoxy) is 1. The van der Waals surface area contributed by atoms with Crippen LogP contribution < -0.4 is 0 Å². The minimum Gasteiger partial charge on any atom is -0.456 e. The molecular formula is C13H9BrFNO2. The van der Waals surface area contributed by atoms with E-state index in [9.17, 15) is 9.18 Å². The summed E-state index contributed by atoms with van der Waals surface area (Å²) in [6, 6.07) is 11.4. The first-order chi connectivity index (χ1) is 8.65. The third-order valence-corrected chi connectivity index (χ3v) is 2.68. The Morgan fingerprint density at radius 2 is 2.06 bits per heavy atom. The summed E-state index contributed by atoms with van der Waals surface area (Å²) in [6.45, 7) is 0.121. The van der Waals surface area contributed by atoms with Crippen molar-refractivity contribution in [3.63, 3.8) is 0 Å². The van der Waals surface area contributed by atoms with Crippen LogP contribution in [0.3, 0.4) is 0 Å². The van der Waals surface area contributed by atoms with Gasteiger partial charge in [0.15, 0.2) is 5.69 Å². The predicted molar refractivity (Wildman–Crippen MR) is 67.5 cm³/mol. The monoisotopic (exact) mass is 309 g/mol. The van der Waals surface area contributed by atoms with E-state index < -0.39 is 11.9 Å². The second-order valence-electron chi connectivity index (χ2n) is 3.55. The number of nitrogens with zero attached hydrogens (tertiary/aromatic N) is 1. The van der Waals surface area contributed by atoms with E-state index in [2.05, 4.69) is 20.9 Å². The molecule has 0 bridgehead atoms. The van der Waals surface area contributed by atoms with Gasteiger partial charge in [0.05, 0.1) is 0 Å². The zero-order valence-corrected chi connectivity index (χ0v) is 10.9. The predicted octanol–water partition coefficient (Wildman–Crippen LogP) is 3.34. The van der Waals surface area contributed by atoms with Crippen LogP contribution in [-0.4, -0.2) is 11.0 Å². The molecule has 1 aromatic heterocycles. The van der Waals surface area contributed by atoms with Gasteiger partial charge < -0.3 is 4.74 Å². The van der Waals surface area contributed by atoms with Crippen LogP contribution in [0.15, 0.2) is 46.9 Å². The molecule has 3 nitrogen and oxygen atoms in total. The zero-order chi connectivity index (χ0) is 13.0. The first kappa shape index (κ1) is 12.7. The Hall–Kier alpha value is -1.75. The summed E-state index contributed by atoms with van der Waals surface area (Å²) in [6.07, 6.45) is 0. The van der Waals surface area contributed by atoms with Gasteiger partial charge in [0.1, 0.15) is 6.61 Å². The van der Waals surface area contributed by atoms with Gasteiger partial charge >= 0.3 is 5.97 Å². The van der Waals surface area contributed by atoms with Crippen molar-refractivity contribution in [2.24, 2.45) is 0 Å². The van der Waals surface area contributed by atoms with Crippen molar-refractivity contribution in [2.75, 3.05) is 0 Å². The topological polar surface area (TPSA) is 39.2 Å². The molecule has 0 aliphatic rings. The van der Waals surface area contributed by atoms with E-state index in [1.807, 2.05) is 24.3 Å². The normalized spacial score (nSPS) is 10.1. The second-order valence-corrected chi connectivity index (χ2v) is 4.47. The van der Waals surface area contributed by atoms with Gasteiger partial charge in [-0.3, -0.25) is 0 Å². The van der Waals surface area contributed by atoms with Gasteiger partial charge in [-0.15, -0.1) is 0 Å². The van der Waals surface area contributed by atoms with Crippen molar-refractivity contribution in [1.29, 1.82) is 0 Å². The van der Waals surface area contributed by atoms with Crippen molar-refractivity contribution in [2.45, 2.75) is 6.61 Å². The Morgan fingerprint density at radius 3 is 2.78 bits per heavy atom. The average molecular weight is 310 g/mol. The van der Waals surface area contributed by atoms with Gasteiger partial charge in [-0.1, -0.05) is 34.1 Å². The van der Waals surface area contributed by atoms with Crippen molar-refractivity contribution in [1.82, 2.24) is 4.98 Å². The number of hydrogen-bond acceptors (Lipinski definition) is 3. The number of halogens is 2. The van der Waals surface area contributed by atoms with Crippen molar-refractivity contribution in [3.05, 3.63) is 64.1 Å². The van der Waals surface area contributed by atoms with Gasteiger partial charge in [-0.2, -0.15) is 4.39 Å². The van der Waals surface area contributed by atoms with Gasteiger partial charge in [0.2, 0.25) is 5.95 Å². The number of aromatic nitrogens is 1. The number of carbonyl (C=O) groups is 1. The fourth-order valence-corrected chi connectivity index (χ4v) is 1.82. The molecule has 1 heterocycles. The molecule has 2 aromatic rings. The number of benzene rings is 1. The lowest BCUT2D eigenvalue weighted by atomic mass is 10.2. The highest BCUT2D eigenvalue weighted by Gasteiger charge is 2.09. The minimum atomic E-state index is -0.702. The molecule has 0 spiro atoms. The zero-order valence-electron chi connectivity index (χ0n) is 9.27. The van der Waals surface area contributed by atoms with Crippen molar-refractivity contribution in [3.8, 4) is 0 Å².